The molecule has 2 amide bonds. The van der Waals surface area contributed by atoms with Gasteiger partial charge in [0.2, 0.25) is 17.7 Å². The first-order valence-corrected chi connectivity index (χ1v) is 8.65. The maximum Gasteiger partial charge on any atom is 0.225 e. The lowest BCUT2D eigenvalue weighted by atomic mass is 9.92. The molecule has 2 heterocycles. The summed E-state index contributed by atoms with van der Waals surface area (Å²) in [6, 6.07) is 4.08. The standard InChI is InChI=1S/C18H25N3O3/c1-12-3-8-16(19-10-12)24-15-6-4-14(5-7-15)20-18(23)13-9-17(22)21(2)11-13/h3,8,10,13-15H,4-7,9,11H2,1-2H3,(H,20,23). The van der Waals surface area contributed by atoms with Crippen molar-refractivity contribution >= 4 is 11.8 Å². The molecular weight excluding hydrogens is 306 g/mol. The van der Waals surface area contributed by atoms with Gasteiger partial charge in [-0.3, -0.25) is 9.59 Å². The fourth-order valence-electron chi connectivity index (χ4n) is 3.38. The van der Waals surface area contributed by atoms with Gasteiger partial charge in [-0.15, -0.1) is 0 Å². The number of hydrogen-bond acceptors (Lipinski definition) is 4. The van der Waals surface area contributed by atoms with E-state index in [0.29, 0.717) is 18.8 Å². The van der Waals surface area contributed by atoms with Crippen LogP contribution in [0.3, 0.4) is 0 Å². The van der Waals surface area contributed by atoms with E-state index in [9.17, 15) is 9.59 Å². The molecular formula is C18H25N3O3. The van der Waals surface area contributed by atoms with Gasteiger partial charge in [0.15, 0.2) is 0 Å². The van der Waals surface area contributed by atoms with Crippen LogP contribution >= 0.6 is 0 Å². The Morgan fingerprint density at radius 3 is 2.62 bits per heavy atom. The third-order valence-electron chi connectivity index (χ3n) is 4.90. The van der Waals surface area contributed by atoms with Gasteiger partial charge in [-0.1, -0.05) is 6.07 Å². The Kier molecular flexibility index (Phi) is 5.02. The van der Waals surface area contributed by atoms with E-state index in [1.165, 1.54) is 0 Å². The third kappa shape index (κ3) is 4.04. The Balaban J connectivity index is 1.43. The van der Waals surface area contributed by atoms with Gasteiger partial charge < -0.3 is 15.0 Å². The van der Waals surface area contributed by atoms with E-state index in [2.05, 4.69) is 10.3 Å². The highest BCUT2D eigenvalue weighted by molar-refractivity contribution is 5.89. The molecule has 1 N–H and O–H groups in total. The molecule has 1 aliphatic heterocycles. The summed E-state index contributed by atoms with van der Waals surface area (Å²) in [6.45, 7) is 2.53. The van der Waals surface area contributed by atoms with Gasteiger partial charge in [0.05, 0.1) is 5.92 Å². The molecule has 6 nitrogen and oxygen atoms in total. The van der Waals surface area contributed by atoms with Crippen LogP contribution in [0, 0.1) is 12.8 Å². The molecule has 0 radical (unpaired) electrons. The number of aryl methyl sites for hydroxylation is 1. The van der Waals surface area contributed by atoms with Crippen molar-refractivity contribution in [2.75, 3.05) is 13.6 Å². The van der Waals surface area contributed by atoms with Crippen LogP contribution in [0.4, 0.5) is 0 Å². The monoisotopic (exact) mass is 331 g/mol. The van der Waals surface area contributed by atoms with E-state index in [-0.39, 0.29) is 29.9 Å². The summed E-state index contributed by atoms with van der Waals surface area (Å²) in [6.07, 6.45) is 5.92. The maximum atomic E-state index is 12.3. The fraction of sp³-hybridized carbons (Fsp3) is 0.611. The Labute approximate surface area is 142 Å². The van der Waals surface area contributed by atoms with E-state index < -0.39 is 0 Å². The third-order valence-corrected chi connectivity index (χ3v) is 4.90. The number of ether oxygens (including phenoxy) is 1. The number of hydrogen-bond donors (Lipinski definition) is 1. The lowest BCUT2D eigenvalue weighted by molar-refractivity contribution is -0.128. The van der Waals surface area contributed by atoms with Crippen LogP contribution in [-0.4, -0.2) is 47.4 Å². The molecule has 1 saturated heterocycles. The molecule has 2 fully saturated rings. The van der Waals surface area contributed by atoms with Crippen molar-refractivity contribution in [3.8, 4) is 5.88 Å². The summed E-state index contributed by atoms with van der Waals surface area (Å²) >= 11 is 0. The van der Waals surface area contributed by atoms with Gasteiger partial charge in [-0.05, 0) is 38.2 Å². The largest absolute Gasteiger partial charge is 0.474 e. The topological polar surface area (TPSA) is 71.5 Å². The minimum Gasteiger partial charge on any atom is -0.474 e. The van der Waals surface area contributed by atoms with Gasteiger partial charge in [-0.25, -0.2) is 4.98 Å². The number of likely N-dealkylation sites (tertiary alicyclic amines) is 1. The van der Waals surface area contributed by atoms with Gasteiger partial charge in [0, 0.05) is 38.3 Å². The molecule has 2 aliphatic rings. The van der Waals surface area contributed by atoms with E-state index >= 15 is 0 Å². The zero-order chi connectivity index (χ0) is 17.1. The van der Waals surface area contributed by atoms with Crippen molar-refractivity contribution < 1.29 is 14.3 Å². The number of rotatable bonds is 4. The Morgan fingerprint density at radius 2 is 2.04 bits per heavy atom. The predicted octanol–water partition coefficient (Wildman–Crippen LogP) is 1.67. The van der Waals surface area contributed by atoms with Crippen LogP contribution in [-0.2, 0) is 9.59 Å². The second-order valence-electron chi connectivity index (χ2n) is 6.95. The first kappa shape index (κ1) is 16.7. The quantitative estimate of drug-likeness (QED) is 0.911. The van der Waals surface area contributed by atoms with Crippen molar-refractivity contribution in [3.63, 3.8) is 0 Å². The number of nitrogens with zero attached hydrogens (tertiary/aromatic N) is 2. The van der Waals surface area contributed by atoms with Crippen LogP contribution in [0.25, 0.3) is 0 Å². The highest BCUT2D eigenvalue weighted by Gasteiger charge is 2.33. The smallest absolute Gasteiger partial charge is 0.225 e. The van der Waals surface area contributed by atoms with Crippen LogP contribution in [0.15, 0.2) is 18.3 Å². The molecule has 130 valence electrons. The second-order valence-corrected chi connectivity index (χ2v) is 6.95. The molecule has 1 saturated carbocycles. The van der Waals surface area contributed by atoms with Crippen LogP contribution < -0.4 is 10.1 Å². The molecule has 24 heavy (non-hydrogen) atoms. The van der Waals surface area contributed by atoms with E-state index in [1.807, 2.05) is 19.1 Å². The van der Waals surface area contributed by atoms with Gasteiger partial charge in [0.1, 0.15) is 6.10 Å². The second kappa shape index (κ2) is 7.20. The summed E-state index contributed by atoms with van der Waals surface area (Å²) in [5.74, 6) is 0.531. The molecule has 6 heteroatoms. The maximum absolute atomic E-state index is 12.3. The lowest BCUT2D eigenvalue weighted by Gasteiger charge is -2.29. The van der Waals surface area contributed by atoms with Gasteiger partial charge >= 0.3 is 0 Å². The number of nitrogens with one attached hydrogen (secondary N) is 1. The Hall–Kier alpha value is -2.11. The molecule has 1 unspecified atom stereocenters. The molecule has 1 aromatic rings. The zero-order valence-electron chi connectivity index (χ0n) is 14.3. The summed E-state index contributed by atoms with van der Waals surface area (Å²) in [5.41, 5.74) is 1.12. The average molecular weight is 331 g/mol. The predicted molar refractivity (Wildman–Crippen MR) is 89.5 cm³/mol. The molecule has 3 rings (SSSR count). The average Bonchev–Trinajstić information content (AvgIpc) is 2.91. The van der Waals surface area contributed by atoms with Gasteiger partial charge in [0.25, 0.3) is 0 Å². The molecule has 1 atom stereocenters. The van der Waals surface area contributed by atoms with Crippen molar-refractivity contribution in [2.45, 2.75) is 51.2 Å². The highest BCUT2D eigenvalue weighted by atomic mass is 16.5. The first-order chi connectivity index (χ1) is 11.5. The number of carbonyl (C=O) groups excluding carboxylic acids is 2. The van der Waals surface area contributed by atoms with Crippen LogP contribution in [0.1, 0.15) is 37.7 Å². The Morgan fingerprint density at radius 1 is 1.29 bits per heavy atom. The van der Waals surface area contributed by atoms with Crippen LogP contribution in [0.2, 0.25) is 0 Å². The minimum atomic E-state index is -0.201. The normalized spacial score (nSPS) is 27.2. The SMILES string of the molecule is Cc1ccc(OC2CCC(NC(=O)C3CC(=O)N(C)C3)CC2)nc1. The number of aromatic nitrogens is 1. The van der Waals surface area contributed by atoms with E-state index in [1.54, 1.807) is 18.1 Å². The van der Waals surface area contributed by atoms with Crippen molar-refractivity contribution in [3.05, 3.63) is 23.9 Å². The van der Waals surface area contributed by atoms with Gasteiger partial charge in [-0.2, -0.15) is 0 Å². The fourth-order valence-corrected chi connectivity index (χ4v) is 3.38. The number of pyridine rings is 1. The first-order valence-electron chi connectivity index (χ1n) is 8.65. The summed E-state index contributed by atoms with van der Waals surface area (Å²) in [4.78, 5) is 29.7. The molecule has 1 aliphatic carbocycles. The number of amides is 2. The molecule has 0 spiro atoms. The van der Waals surface area contributed by atoms with Crippen molar-refractivity contribution in [1.29, 1.82) is 0 Å². The molecule has 0 aromatic carbocycles. The summed E-state index contributed by atoms with van der Waals surface area (Å²) < 4.78 is 5.92. The minimum absolute atomic E-state index is 0.0114. The lowest BCUT2D eigenvalue weighted by Crippen LogP contribution is -2.42. The van der Waals surface area contributed by atoms with Crippen molar-refractivity contribution in [1.82, 2.24) is 15.2 Å². The molecule has 0 bridgehead atoms. The van der Waals surface area contributed by atoms with Crippen molar-refractivity contribution in [2.24, 2.45) is 5.92 Å². The van der Waals surface area contributed by atoms with Crippen LogP contribution in [0.5, 0.6) is 5.88 Å². The van der Waals surface area contributed by atoms with E-state index in [0.717, 1.165) is 31.2 Å². The number of carbonyl (C=O) groups is 2. The highest BCUT2D eigenvalue weighted by Crippen LogP contribution is 2.24. The zero-order valence-corrected chi connectivity index (χ0v) is 14.3. The summed E-state index contributed by atoms with van der Waals surface area (Å²) in [5, 5.41) is 3.10. The summed E-state index contributed by atoms with van der Waals surface area (Å²) in [7, 11) is 1.75. The Bertz CT molecular complexity index is 594. The molecule has 1 aromatic heterocycles. The van der Waals surface area contributed by atoms with E-state index in [4.69, 9.17) is 4.74 Å².